The molecule has 0 radical (unpaired) electrons. The molecule has 3 nitrogen and oxygen atoms in total. The maximum absolute atomic E-state index is 12.1. The van der Waals surface area contributed by atoms with Gasteiger partial charge in [0.1, 0.15) is 6.42 Å². The van der Waals surface area contributed by atoms with Gasteiger partial charge in [0.2, 0.25) is 5.91 Å². The van der Waals surface area contributed by atoms with Crippen LogP contribution < -0.4 is 5.32 Å². The average molecular weight is 238 g/mol. The van der Waals surface area contributed by atoms with Crippen LogP contribution in [0.1, 0.15) is 26.2 Å². The van der Waals surface area contributed by atoms with E-state index in [1.807, 2.05) is 0 Å². The molecule has 0 aromatic carbocycles. The predicted molar refractivity (Wildman–Crippen MR) is 54.0 cm³/mol. The van der Waals surface area contributed by atoms with Crippen molar-refractivity contribution in [3.8, 4) is 0 Å². The van der Waals surface area contributed by atoms with Gasteiger partial charge in [0.05, 0.1) is 0 Å². The molecule has 6 heteroatoms. The first-order chi connectivity index (χ1) is 7.44. The Bertz CT molecular complexity index is 237. The Kier molecular flexibility index (Phi) is 4.58. The van der Waals surface area contributed by atoms with Crippen LogP contribution in [0.2, 0.25) is 0 Å². The number of nitrogens with one attached hydrogen (secondary N) is 1. The van der Waals surface area contributed by atoms with Crippen molar-refractivity contribution in [1.82, 2.24) is 10.2 Å². The molecule has 1 fully saturated rings. The third-order valence-electron chi connectivity index (χ3n) is 2.72. The predicted octanol–water partition coefficient (Wildman–Crippen LogP) is 1.54. The Morgan fingerprint density at radius 1 is 1.50 bits per heavy atom. The Morgan fingerprint density at radius 2 is 2.19 bits per heavy atom. The molecule has 1 aliphatic heterocycles. The summed E-state index contributed by atoms with van der Waals surface area (Å²) in [6.45, 7) is 3.52. The zero-order chi connectivity index (χ0) is 12.2. The van der Waals surface area contributed by atoms with Crippen LogP contribution in [0.3, 0.4) is 0 Å². The van der Waals surface area contributed by atoms with Crippen molar-refractivity contribution < 1.29 is 18.0 Å². The van der Waals surface area contributed by atoms with E-state index in [1.54, 1.807) is 6.92 Å². The minimum Gasteiger partial charge on any atom is -0.338 e. The van der Waals surface area contributed by atoms with Crippen LogP contribution in [0, 0.1) is 0 Å². The lowest BCUT2D eigenvalue weighted by Gasteiger charge is -2.34. The van der Waals surface area contributed by atoms with Crippen LogP contribution in [0.4, 0.5) is 13.2 Å². The standard InChI is InChI=1S/C10H17F3N2O/c1-2-15(8-4-3-5-14-7-8)9(16)6-10(11,12)13/h8,14H,2-7H2,1H3. The third kappa shape index (κ3) is 4.00. The van der Waals surface area contributed by atoms with E-state index in [0.29, 0.717) is 13.1 Å². The molecule has 1 unspecified atom stereocenters. The summed E-state index contributed by atoms with van der Waals surface area (Å²) in [6, 6.07) is -0.0893. The molecule has 0 bridgehead atoms. The molecule has 1 N–H and O–H groups in total. The van der Waals surface area contributed by atoms with Crippen molar-refractivity contribution in [3.05, 3.63) is 0 Å². The number of hydrogen-bond acceptors (Lipinski definition) is 2. The smallest absolute Gasteiger partial charge is 0.338 e. The van der Waals surface area contributed by atoms with Gasteiger partial charge < -0.3 is 10.2 Å². The molecule has 0 aliphatic carbocycles. The second-order valence-electron chi connectivity index (χ2n) is 3.97. The lowest BCUT2D eigenvalue weighted by Crippen LogP contribution is -2.49. The van der Waals surface area contributed by atoms with Crippen molar-refractivity contribution in [2.45, 2.75) is 38.4 Å². The van der Waals surface area contributed by atoms with Crippen molar-refractivity contribution in [3.63, 3.8) is 0 Å². The SMILES string of the molecule is CCN(C(=O)CC(F)(F)F)C1CCCNC1. The highest BCUT2D eigenvalue weighted by atomic mass is 19.4. The minimum absolute atomic E-state index is 0.0893. The summed E-state index contributed by atoms with van der Waals surface area (Å²) in [6.07, 6.45) is -4.07. The van der Waals surface area contributed by atoms with E-state index in [4.69, 9.17) is 0 Å². The number of alkyl halides is 3. The van der Waals surface area contributed by atoms with Crippen LogP contribution in [-0.2, 0) is 4.79 Å². The molecule has 16 heavy (non-hydrogen) atoms. The Hall–Kier alpha value is -0.780. The maximum Gasteiger partial charge on any atom is 0.397 e. The number of carbonyl (C=O) groups is 1. The van der Waals surface area contributed by atoms with Crippen LogP contribution in [-0.4, -0.2) is 42.7 Å². The van der Waals surface area contributed by atoms with E-state index in [-0.39, 0.29) is 6.04 Å². The molecule has 1 amide bonds. The van der Waals surface area contributed by atoms with E-state index >= 15 is 0 Å². The van der Waals surface area contributed by atoms with Gasteiger partial charge in [-0.2, -0.15) is 13.2 Å². The maximum atomic E-state index is 12.1. The van der Waals surface area contributed by atoms with Crippen molar-refractivity contribution >= 4 is 5.91 Å². The molecule has 1 saturated heterocycles. The second-order valence-corrected chi connectivity index (χ2v) is 3.97. The number of carbonyl (C=O) groups excluding carboxylic acids is 1. The van der Waals surface area contributed by atoms with E-state index in [2.05, 4.69) is 5.32 Å². The lowest BCUT2D eigenvalue weighted by atomic mass is 10.1. The first-order valence-corrected chi connectivity index (χ1v) is 5.51. The van der Waals surface area contributed by atoms with E-state index < -0.39 is 18.5 Å². The molecule has 1 aliphatic rings. The van der Waals surface area contributed by atoms with Crippen molar-refractivity contribution in [2.75, 3.05) is 19.6 Å². The summed E-state index contributed by atoms with van der Waals surface area (Å²) in [5, 5.41) is 3.09. The molecular formula is C10H17F3N2O. The van der Waals surface area contributed by atoms with Gasteiger partial charge >= 0.3 is 6.18 Å². The molecule has 1 rings (SSSR count). The molecule has 0 saturated carbocycles. The van der Waals surface area contributed by atoms with E-state index in [1.165, 1.54) is 4.90 Å². The molecule has 0 spiro atoms. The lowest BCUT2D eigenvalue weighted by molar-refractivity contribution is -0.163. The van der Waals surface area contributed by atoms with Crippen LogP contribution in [0.25, 0.3) is 0 Å². The van der Waals surface area contributed by atoms with Gasteiger partial charge in [-0.3, -0.25) is 4.79 Å². The highest BCUT2D eigenvalue weighted by Gasteiger charge is 2.35. The van der Waals surface area contributed by atoms with Crippen LogP contribution in [0.5, 0.6) is 0 Å². The fourth-order valence-corrected chi connectivity index (χ4v) is 2.01. The Labute approximate surface area is 93.0 Å². The summed E-state index contributed by atoms with van der Waals surface area (Å²) in [5.41, 5.74) is 0. The topological polar surface area (TPSA) is 32.3 Å². The van der Waals surface area contributed by atoms with E-state index in [0.717, 1.165) is 19.4 Å². The van der Waals surface area contributed by atoms with Crippen LogP contribution >= 0.6 is 0 Å². The first kappa shape index (κ1) is 13.3. The first-order valence-electron chi connectivity index (χ1n) is 5.51. The van der Waals surface area contributed by atoms with Gasteiger partial charge in [-0.25, -0.2) is 0 Å². The van der Waals surface area contributed by atoms with Gasteiger partial charge in [-0.15, -0.1) is 0 Å². The largest absolute Gasteiger partial charge is 0.397 e. The third-order valence-corrected chi connectivity index (χ3v) is 2.72. The number of hydrogen-bond donors (Lipinski definition) is 1. The number of nitrogens with zero attached hydrogens (tertiary/aromatic N) is 1. The zero-order valence-electron chi connectivity index (χ0n) is 9.31. The van der Waals surface area contributed by atoms with Gasteiger partial charge in [-0.1, -0.05) is 0 Å². The number of piperidine rings is 1. The Balaban J connectivity index is 2.55. The summed E-state index contributed by atoms with van der Waals surface area (Å²) in [4.78, 5) is 12.8. The molecule has 1 atom stereocenters. The summed E-state index contributed by atoms with van der Waals surface area (Å²) < 4.78 is 36.3. The molecule has 1 heterocycles. The fraction of sp³-hybridized carbons (Fsp3) is 0.900. The summed E-state index contributed by atoms with van der Waals surface area (Å²) in [5.74, 6) is -0.816. The average Bonchev–Trinajstić information content (AvgIpc) is 2.17. The number of rotatable bonds is 3. The number of amides is 1. The second kappa shape index (κ2) is 5.52. The molecular weight excluding hydrogens is 221 g/mol. The van der Waals surface area contributed by atoms with Crippen LogP contribution in [0.15, 0.2) is 0 Å². The fourth-order valence-electron chi connectivity index (χ4n) is 2.01. The molecule has 0 aromatic heterocycles. The number of halogens is 3. The van der Waals surface area contributed by atoms with Gasteiger partial charge in [-0.05, 0) is 26.3 Å². The summed E-state index contributed by atoms with van der Waals surface area (Å²) in [7, 11) is 0. The van der Waals surface area contributed by atoms with Crippen molar-refractivity contribution in [2.24, 2.45) is 0 Å². The normalized spacial score (nSPS) is 21.9. The summed E-state index contributed by atoms with van der Waals surface area (Å²) >= 11 is 0. The number of likely N-dealkylation sites (N-methyl/N-ethyl adjacent to an activating group) is 1. The highest BCUT2D eigenvalue weighted by Crippen LogP contribution is 2.22. The zero-order valence-corrected chi connectivity index (χ0v) is 9.31. The quantitative estimate of drug-likeness (QED) is 0.809. The van der Waals surface area contributed by atoms with E-state index in [9.17, 15) is 18.0 Å². The molecule has 94 valence electrons. The molecule has 0 aromatic rings. The van der Waals surface area contributed by atoms with Gasteiger partial charge in [0, 0.05) is 19.1 Å². The van der Waals surface area contributed by atoms with Gasteiger partial charge in [0.25, 0.3) is 0 Å². The van der Waals surface area contributed by atoms with Crippen molar-refractivity contribution in [1.29, 1.82) is 0 Å². The minimum atomic E-state index is -4.41. The van der Waals surface area contributed by atoms with Gasteiger partial charge in [0.15, 0.2) is 0 Å². The monoisotopic (exact) mass is 238 g/mol. The Morgan fingerprint density at radius 3 is 2.62 bits per heavy atom. The highest BCUT2D eigenvalue weighted by molar-refractivity contribution is 5.77.